The Morgan fingerprint density at radius 2 is 1.02 bits per heavy atom. The van der Waals surface area contributed by atoms with Crippen LogP contribution < -0.4 is 0 Å². The second-order valence-electron chi connectivity index (χ2n) is 12.8. The number of furan rings is 1. The summed E-state index contributed by atoms with van der Waals surface area (Å²) in [5, 5.41) is 9.50. The molecule has 0 aliphatic carbocycles. The van der Waals surface area contributed by atoms with Crippen molar-refractivity contribution in [3.05, 3.63) is 175 Å². The molecule has 0 saturated carbocycles. The van der Waals surface area contributed by atoms with Gasteiger partial charge in [-0.2, -0.15) is 0 Å². The van der Waals surface area contributed by atoms with Crippen molar-refractivity contribution in [1.29, 1.82) is 0 Å². The summed E-state index contributed by atoms with van der Waals surface area (Å²) in [7, 11) is 0. The Labute approximate surface area is 288 Å². The van der Waals surface area contributed by atoms with E-state index < -0.39 is 0 Å². The molecule has 2 heterocycles. The second-order valence-corrected chi connectivity index (χ2v) is 12.8. The Balaban J connectivity index is 1.10. The average Bonchev–Trinajstić information content (AvgIpc) is 3.56. The third kappa shape index (κ3) is 4.89. The van der Waals surface area contributed by atoms with Crippen molar-refractivity contribution < 1.29 is 4.42 Å². The van der Waals surface area contributed by atoms with Crippen LogP contribution in [0.3, 0.4) is 0 Å². The first-order valence-corrected chi connectivity index (χ1v) is 16.9. The SMILES string of the molecule is c1ccc(-c2nc(Cc3cccc4oc5ccc(-c6ccc7ccc8ccccc8c7c6)cc5c34)nc(-c3ccc4ccccc4c3)n2)cc1. The van der Waals surface area contributed by atoms with Gasteiger partial charge in [-0.15, -0.1) is 0 Å². The van der Waals surface area contributed by atoms with E-state index in [1.165, 1.54) is 32.5 Å². The van der Waals surface area contributed by atoms with Gasteiger partial charge in [0.2, 0.25) is 0 Å². The van der Waals surface area contributed by atoms with Crippen molar-refractivity contribution in [2.75, 3.05) is 0 Å². The highest BCUT2D eigenvalue weighted by atomic mass is 16.3. The number of aromatic nitrogens is 3. The van der Waals surface area contributed by atoms with E-state index in [2.05, 4.69) is 127 Å². The van der Waals surface area contributed by atoms with Crippen LogP contribution >= 0.6 is 0 Å². The molecular formula is C46H29N3O. The first kappa shape index (κ1) is 28.4. The fourth-order valence-electron chi connectivity index (χ4n) is 7.25. The van der Waals surface area contributed by atoms with Gasteiger partial charge >= 0.3 is 0 Å². The number of hydrogen-bond acceptors (Lipinski definition) is 4. The van der Waals surface area contributed by atoms with E-state index in [0.29, 0.717) is 23.9 Å². The lowest BCUT2D eigenvalue weighted by Gasteiger charge is -2.10. The normalized spacial score (nSPS) is 11.7. The number of hydrogen-bond donors (Lipinski definition) is 0. The van der Waals surface area contributed by atoms with Crippen molar-refractivity contribution in [2.24, 2.45) is 0 Å². The van der Waals surface area contributed by atoms with Gasteiger partial charge in [0.25, 0.3) is 0 Å². The molecule has 4 nitrogen and oxygen atoms in total. The lowest BCUT2D eigenvalue weighted by molar-refractivity contribution is 0.668. The van der Waals surface area contributed by atoms with Crippen LogP contribution in [-0.4, -0.2) is 15.0 Å². The summed E-state index contributed by atoms with van der Waals surface area (Å²) in [6.07, 6.45) is 0.529. The minimum absolute atomic E-state index is 0.529. The topological polar surface area (TPSA) is 51.8 Å². The van der Waals surface area contributed by atoms with Gasteiger partial charge in [-0.3, -0.25) is 0 Å². The highest BCUT2D eigenvalue weighted by molar-refractivity contribution is 6.10. The average molecular weight is 640 g/mol. The third-order valence-corrected chi connectivity index (χ3v) is 9.73. The van der Waals surface area contributed by atoms with Crippen molar-refractivity contribution in [3.63, 3.8) is 0 Å². The molecule has 2 aromatic heterocycles. The number of benzene rings is 8. The summed E-state index contributed by atoms with van der Waals surface area (Å²) in [5.74, 6) is 2.03. The lowest BCUT2D eigenvalue weighted by Crippen LogP contribution is -2.04. The zero-order chi connectivity index (χ0) is 33.0. The second kappa shape index (κ2) is 11.5. The number of rotatable bonds is 5. The van der Waals surface area contributed by atoms with E-state index in [-0.39, 0.29) is 0 Å². The van der Waals surface area contributed by atoms with Gasteiger partial charge in [0.1, 0.15) is 17.0 Å². The first-order valence-electron chi connectivity index (χ1n) is 16.9. The molecule has 0 aliphatic rings. The fourth-order valence-corrected chi connectivity index (χ4v) is 7.25. The van der Waals surface area contributed by atoms with E-state index in [1.54, 1.807) is 0 Å². The van der Waals surface area contributed by atoms with Gasteiger partial charge in [-0.25, -0.2) is 15.0 Å². The Morgan fingerprint density at radius 1 is 0.380 bits per heavy atom. The molecule has 0 saturated heterocycles. The Kier molecular flexibility index (Phi) is 6.53. The maximum Gasteiger partial charge on any atom is 0.163 e. The number of fused-ring (bicyclic) bond motifs is 7. The molecule has 0 atom stereocenters. The molecule has 234 valence electrons. The molecule has 10 aromatic rings. The highest BCUT2D eigenvalue weighted by Crippen LogP contribution is 2.37. The Bertz CT molecular complexity index is 2910. The molecular weight excluding hydrogens is 611 g/mol. The van der Waals surface area contributed by atoms with Crippen LogP contribution in [0.4, 0.5) is 0 Å². The summed E-state index contributed by atoms with van der Waals surface area (Å²) in [5.41, 5.74) is 7.06. The van der Waals surface area contributed by atoms with Gasteiger partial charge in [0.05, 0.1) is 0 Å². The van der Waals surface area contributed by atoms with Crippen LogP contribution in [-0.2, 0) is 6.42 Å². The molecule has 4 heteroatoms. The van der Waals surface area contributed by atoms with Crippen LogP contribution in [0.15, 0.2) is 168 Å². The van der Waals surface area contributed by atoms with Crippen LogP contribution in [0.1, 0.15) is 11.4 Å². The van der Waals surface area contributed by atoms with E-state index in [0.717, 1.165) is 49.6 Å². The fraction of sp³-hybridized carbons (Fsp3) is 0.0217. The first-order chi connectivity index (χ1) is 24.7. The van der Waals surface area contributed by atoms with Crippen LogP contribution in [0.25, 0.3) is 88.2 Å². The summed E-state index contributed by atoms with van der Waals surface area (Å²) in [6, 6.07) is 57.4. The summed E-state index contributed by atoms with van der Waals surface area (Å²) < 4.78 is 6.42. The molecule has 0 unspecified atom stereocenters. The largest absolute Gasteiger partial charge is 0.456 e. The molecule has 0 radical (unpaired) electrons. The quantitative estimate of drug-likeness (QED) is 0.176. The van der Waals surface area contributed by atoms with E-state index in [4.69, 9.17) is 19.4 Å². The molecule has 0 fully saturated rings. The molecule has 0 spiro atoms. The Hall–Kier alpha value is -6.65. The zero-order valence-corrected chi connectivity index (χ0v) is 27.0. The Morgan fingerprint density at radius 3 is 1.88 bits per heavy atom. The standard InChI is InChI=1S/C46H29N3O/c1-2-11-32(12-3-1)45-47-43(48-46(49-45)37-22-17-29-9-4-5-13-33(29)25-37)28-36-14-8-16-42-44(36)40-27-35(23-24-41(40)50-42)34-21-20-31-19-18-30-10-6-7-15-38(30)39(31)26-34/h1-27H,28H2. The smallest absolute Gasteiger partial charge is 0.163 e. The van der Waals surface area contributed by atoms with Crippen LogP contribution in [0, 0.1) is 0 Å². The van der Waals surface area contributed by atoms with Gasteiger partial charge in [-0.05, 0) is 79.3 Å². The minimum Gasteiger partial charge on any atom is -0.456 e. The predicted octanol–water partition coefficient (Wildman–Crippen LogP) is 11.8. The molecule has 0 amide bonds. The maximum atomic E-state index is 6.42. The zero-order valence-electron chi connectivity index (χ0n) is 27.0. The molecule has 50 heavy (non-hydrogen) atoms. The molecule has 0 N–H and O–H groups in total. The van der Waals surface area contributed by atoms with E-state index in [9.17, 15) is 0 Å². The van der Waals surface area contributed by atoms with Crippen LogP contribution in [0.2, 0.25) is 0 Å². The van der Waals surface area contributed by atoms with Crippen molar-refractivity contribution in [2.45, 2.75) is 6.42 Å². The molecule has 0 aliphatic heterocycles. The van der Waals surface area contributed by atoms with E-state index in [1.807, 2.05) is 36.4 Å². The molecule has 0 bridgehead atoms. The summed E-state index contributed by atoms with van der Waals surface area (Å²) in [4.78, 5) is 15.1. The third-order valence-electron chi connectivity index (χ3n) is 9.73. The summed E-state index contributed by atoms with van der Waals surface area (Å²) in [6.45, 7) is 0. The van der Waals surface area contributed by atoms with Gasteiger partial charge < -0.3 is 4.42 Å². The highest BCUT2D eigenvalue weighted by Gasteiger charge is 2.17. The summed E-state index contributed by atoms with van der Waals surface area (Å²) >= 11 is 0. The monoisotopic (exact) mass is 639 g/mol. The molecule has 10 rings (SSSR count). The minimum atomic E-state index is 0.529. The van der Waals surface area contributed by atoms with Crippen molar-refractivity contribution in [1.82, 2.24) is 15.0 Å². The number of nitrogens with zero attached hydrogens (tertiary/aromatic N) is 3. The van der Waals surface area contributed by atoms with Gasteiger partial charge in [0.15, 0.2) is 11.6 Å². The molecule has 8 aromatic carbocycles. The van der Waals surface area contributed by atoms with Gasteiger partial charge in [-0.1, -0.05) is 133 Å². The van der Waals surface area contributed by atoms with Gasteiger partial charge in [0, 0.05) is 28.3 Å². The maximum absolute atomic E-state index is 6.42. The predicted molar refractivity (Wildman–Crippen MR) is 205 cm³/mol. The van der Waals surface area contributed by atoms with Crippen molar-refractivity contribution >= 4 is 54.3 Å². The van der Waals surface area contributed by atoms with Crippen molar-refractivity contribution in [3.8, 4) is 33.9 Å². The lowest BCUT2D eigenvalue weighted by atomic mass is 9.96. The van der Waals surface area contributed by atoms with E-state index >= 15 is 0 Å². The van der Waals surface area contributed by atoms with Crippen LogP contribution in [0.5, 0.6) is 0 Å².